The van der Waals surface area contributed by atoms with Gasteiger partial charge in [-0.15, -0.1) is 0 Å². The van der Waals surface area contributed by atoms with Crippen LogP contribution < -0.4 is 10.1 Å². The number of nitrogens with zero attached hydrogens (tertiary/aromatic N) is 4. The summed E-state index contributed by atoms with van der Waals surface area (Å²) >= 11 is 0. The molecule has 0 spiro atoms. The minimum absolute atomic E-state index is 0.210. The highest BCUT2D eigenvalue weighted by Crippen LogP contribution is 2.30. The Morgan fingerprint density at radius 1 is 1.23 bits per heavy atom. The van der Waals surface area contributed by atoms with E-state index in [4.69, 9.17) is 14.7 Å². The van der Waals surface area contributed by atoms with E-state index in [-0.39, 0.29) is 11.8 Å². The lowest BCUT2D eigenvalue weighted by atomic mass is 10.0. The van der Waals surface area contributed by atoms with Crippen molar-refractivity contribution in [3.8, 4) is 5.75 Å². The maximum Gasteiger partial charge on any atom is 0.222 e. The van der Waals surface area contributed by atoms with E-state index in [9.17, 15) is 4.79 Å². The number of ether oxygens (including phenoxy) is 1. The number of carbonyl (C=O) groups is 1. The number of aryl methyl sites for hydroxylation is 1. The number of fused-ring (bicyclic) bond motifs is 1. The second-order valence-corrected chi connectivity index (χ2v) is 8.27. The molecule has 160 valence electrons. The highest BCUT2D eigenvalue weighted by molar-refractivity contribution is 5.76. The van der Waals surface area contributed by atoms with Crippen LogP contribution in [0.1, 0.15) is 41.4 Å². The van der Waals surface area contributed by atoms with Crippen LogP contribution in [-0.2, 0) is 24.2 Å². The van der Waals surface area contributed by atoms with Gasteiger partial charge in [-0.1, -0.05) is 12.1 Å². The molecule has 30 heavy (non-hydrogen) atoms. The lowest BCUT2D eigenvalue weighted by Crippen LogP contribution is -2.30. The highest BCUT2D eigenvalue weighted by Gasteiger charge is 2.30. The topological polar surface area (TPSA) is 70.6 Å². The Morgan fingerprint density at radius 2 is 2.03 bits per heavy atom. The maximum atomic E-state index is 12.8. The van der Waals surface area contributed by atoms with Gasteiger partial charge in [-0.25, -0.2) is 9.97 Å². The van der Waals surface area contributed by atoms with E-state index in [2.05, 4.69) is 17.3 Å². The van der Waals surface area contributed by atoms with Crippen molar-refractivity contribution in [1.29, 1.82) is 0 Å². The third kappa shape index (κ3) is 4.41. The molecule has 1 N–H and O–H groups in total. The van der Waals surface area contributed by atoms with Gasteiger partial charge in [-0.3, -0.25) is 4.79 Å². The molecule has 1 unspecified atom stereocenters. The summed E-state index contributed by atoms with van der Waals surface area (Å²) in [6.07, 6.45) is 3.15. The van der Waals surface area contributed by atoms with E-state index >= 15 is 0 Å². The summed E-state index contributed by atoms with van der Waals surface area (Å²) in [5.41, 5.74) is 3.52. The number of hydrogen-bond donors (Lipinski definition) is 1. The summed E-state index contributed by atoms with van der Waals surface area (Å²) in [7, 11) is 5.71. The summed E-state index contributed by atoms with van der Waals surface area (Å²) in [6, 6.07) is 7.93. The molecule has 0 aliphatic carbocycles. The maximum absolute atomic E-state index is 12.8. The Kier molecular flexibility index (Phi) is 6.18. The second-order valence-electron chi connectivity index (χ2n) is 8.27. The Bertz CT molecular complexity index is 882. The summed E-state index contributed by atoms with van der Waals surface area (Å²) in [5, 5.41) is 3.25. The molecule has 1 aromatic heterocycles. The molecule has 7 nitrogen and oxygen atoms in total. The van der Waals surface area contributed by atoms with Crippen molar-refractivity contribution < 1.29 is 9.53 Å². The van der Waals surface area contributed by atoms with Crippen LogP contribution in [0.5, 0.6) is 5.75 Å². The van der Waals surface area contributed by atoms with Crippen LogP contribution in [0.25, 0.3) is 0 Å². The van der Waals surface area contributed by atoms with Gasteiger partial charge in [0.1, 0.15) is 17.4 Å². The van der Waals surface area contributed by atoms with Crippen molar-refractivity contribution in [2.75, 3.05) is 46.2 Å². The fourth-order valence-electron chi connectivity index (χ4n) is 4.36. The molecular formula is C23H31N5O2. The zero-order valence-electron chi connectivity index (χ0n) is 18.1. The van der Waals surface area contributed by atoms with E-state index in [1.165, 1.54) is 5.56 Å². The van der Waals surface area contributed by atoms with Crippen molar-refractivity contribution in [2.45, 2.75) is 38.1 Å². The predicted molar refractivity (Wildman–Crippen MR) is 117 cm³/mol. The number of aromatic nitrogens is 2. The van der Waals surface area contributed by atoms with Gasteiger partial charge in [0.2, 0.25) is 5.91 Å². The van der Waals surface area contributed by atoms with Crippen LogP contribution in [-0.4, -0.2) is 66.5 Å². The second kappa shape index (κ2) is 9.00. The quantitative estimate of drug-likeness (QED) is 0.790. The van der Waals surface area contributed by atoms with Crippen molar-refractivity contribution in [1.82, 2.24) is 19.8 Å². The van der Waals surface area contributed by atoms with Crippen LogP contribution >= 0.6 is 0 Å². The molecule has 2 aliphatic heterocycles. The highest BCUT2D eigenvalue weighted by atomic mass is 16.5. The number of hydrogen-bond acceptors (Lipinski definition) is 6. The lowest BCUT2D eigenvalue weighted by Gasteiger charge is -2.26. The predicted octanol–water partition coefficient (Wildman–Crippen LogP) is 2.46. The minimum Gasteiger partial charge on any atom is -0.497 e. The van der Waals surface area contributed by atoms with Gasteiger partial charge in [-0.05, 0) is 37.6 Å². The first kappa shape index (κ1) is 20.6. The fourth-order valence-corrected chi connectivity index (χ4v) is 4.36. The van der Waals surface area contributed by atoms with Gasteiger partial charge in [0.25, 0.3) is 0 Å². The number of amides is 1. The molecule has 2 aliphatic rings. The van der Waals surface area contributed by atoms with Crippen molar-refractivity contribution in [2.24, 2.45) is 0 Å². The molecule has 2 aromatic rings. The van der Waals surface area contributed by atoms with E-state index in [0.717, 1.165) is 67.5 Å². The van der Waals surface area contributed by atoms with E-state index in [1.807, 2.05) is 36.2 Å². The SMILES string of the molecule is CNc1nc(C2CCN(C(=O)CCc3ccc(OC)cc3)C2)nc2c1CN(C)CC2. The number of likely N-dealkylation sites (tertiary alicyclic amines) is 1. The number of rotatable bonds is 6. The van der Waals surface area contributed by atoms with Gasteiger partial charge in [0, 0.05) is 57.5 Å². The number of anilines is 1. The Balaban J connectivity index is 1.38. The third-order valence-corrected chi connectivity index (χ3v) is 6.20. The van der Waals surface area contributed by atoms with Gasteiger partial charge < -0.3 is 19.9 Å². The van der Waals surface area contributed by atoms with Gasteiger partial charge >= 0.3 is 0 Å². The molecule has 1 fully saturated rings. The summed E-state index contributed by atoms with van der Waals surface area (Å²) in [5.74, 6) is 3.08. The Hall–Kier alpha value is -2.67. The molecule has 0 saturated carbocycles. The van der Waals surface area contributed by atoms with E-state index in [0.29, 0.717) is 13.0 Å². The summed E-state index contributed by atoms with van der Waals surface area (Å²) in [4.78, 5) is 26.8. The normalized spacial score (nSPS) is 18.9. The molecule has 3 heterocycles. The first-order valence-corrected chi connectivity index (χ1v) is 10.7. The van der Waals surface area contributed by atoms with E-state index in [1.54, 1.807) is 7.11 Å². The molecule has 4 rings (SSSR count). The third-order valence-electron chi connectivity index (χ3n) is 6.20. The zero-order chi connectivity index (χ0) is 21.1. The van der Waals surface area contributed by atoms with Gasteiger partial charge in [0.05, 0.1) is 12.8 Å². The van der Waals surface area contributed by atoms with Gasteiger partial charge in [-0.2, -0.15) is 0 Å². The molecule has 0 bridgehead atoms. The summed E-state index contributed by atoms with van der Waals surface area (Å²) in [6.45, 7) is 3.40. The largest absolute Gasteiger partial charge is 0.497 e. The molecular weight excluding hydrogens is 378 g/mol. The first-order valence-electron chi connectivity index (χ1n) is 10.7. The Labute approximate surface area is 178 Å². The van der Waals surface area contributed by atoms with Crippen LogP contribution in [0.4, 0.5) is 5.82 Å². The minimum atomic E-state index is 0.210. The first-order chi connectivity index (χ1) is 14.6. The number of nitrogens with one attached hydrogen (secondary N) is 1. The van der Waals surface area contributed by atoms with Crippen LogP contribution in [0.3, 0.4) is 0 Å². The van der Waals surface area contributed by atoms with Crippen molar-refractivity contribution in [3.63, 3.8) is 0 Å². The van der Waals surface area contributed by atoms with Crippen LogP contribution in [0, 0.1) is 0 Å². The van der Waals surface area contributed by atoms with Crippen LogP contribution in [0.15, 0.2) is 24.3 Å². The van der Waals surface area contributed by atoms with E-state index < -0.39 is 0 Å². The van der Waals surface area contributed by atoms with Crippen molar-refractivity contribution >= 4 is 11.7 Å². The molecule has 1 amide bonds. The molecule has 1 atom stereocenters. The van der Waals surface area contributed by atoms with Crippen LogP contribution in [0.2, 0.25) is 0 Å². The average Bonchev–Trinajstić information content (AvgIpc) is 3.27. The monoisotopic (exact) mass is 409 g/mol. The Morgan fingerprint density at radius 3 is 2.77 bits per heavy atom. The molecule has 1 aromatic carbocycles. The number of carbonyl (C=O) groups excluding carboxylic acids is 1. The average molecular weight is 410 g/mol. The smallest absolute Gasteiger partial charge is 0.222 e. The zero-order valence-corrected chi connectivity index (χ0v) is 18.1. The molecule has 7 heteroatoms. The van der Waals surface area contributed by atoms with Crippen molar-refractivity contribution in [3.05, 3.63) is 46.9 Å². The number of benzene rings is 1. The fraction of sp³-hybridized carbons (Fsp3) is 0.522. The number of likely N-dealkylation sites (N-methyl/N-ethyl adjacent to an activating group) is 1. The molecule has 1 saturated heterocycles. The standard InChI is InChI=1S/C23H31N5O2/c1-24-23-19-15-27(2)12-11-20(19)25-22(26-23)17-10-13-28(14-17)21(29)9-6-16-4-7-18(30-3)8-5-16/h4-5,7-8,17H,6,9-15H2,1-3H3,(H,24,25,26). The summed E-state index contributed by atoms with van der Waals surface area (Å²) < 4.78 is 5.19. The van der Waals surface area contributed by atoms with Gasteiger partial charge in [0.15, 0.2) is 0 Å². The molecule has 0 radical (unpaired) electrons. The lowest BCUT2D eigenvalue weighted by molar-refractivity contribution is -0.130. The number of methoxy groups -OCH3 is 1.